The van der Waals surface area contributed by atoms with Crippen LogP contribution in [0.4, 0.5) is 4.39 Å². The number of halogens is 1. The molecule has 0 amide bonds. The van der Waals surface area contributed by atoms with Gasteiger partial charge in [-0.2, -0.15) is 10.4 Å². The van der Waals surface area contributed by atoms with E-state index in [1.165, 1.54) is 19.2 Å². The molecular formula is C30H25FN6O4. The summed E-state index contributed by atoms with van der Waals surface area (Å²) in [5.74, 6) is 0.209. The highest BCUT2D eigenvalue weighted by Crippen LogP contribution is 2.25. The van der Waals surface area contributed by atoms with E-state index in [1.54, 1.807) is 41.2 Å². The summed E-state index contributed by atoms with van der Waals surface area (Å²) in [6.07, 6.45) is 4.63. The van der Waals surface area contributed by atoms with Crippen LogP contribution in [-0.2, 0) is 29.2 Å². The van der Waals surface area contributed by atoms with Gasteiger partial charge < -0.3 is 18.8 Å². The average molecular weight is 553 g/mol. The highest BCUT2D eigenvalue weighted by molar-refractivity contribution is 5.93. The first-order chi connectivity index (χ1) is 20.0. The van der Waals surface area contributed by atoms with Gasteiger partial charge in [0.05, 0.1) is 66.4 Å². The lowest BCUT2D eigenvalue weighted by atomic mass is 10.1. The van der Waals surface area contributed by atoms with Crippen molar-refractivity contribution in [1.82, 2.24) is 24.3 Å². The van der Waals surface area contributed by atoms with Gasteiger partial charge in [-0.25, -0.2) is 19.2 Å². The Labute approximate surface area is 234 Å². The van der Waals surface area contributed by atoms with Gasteiger partial charge in [0.15, 0.2) is 0 Å². The first-order valence-corrected chi connectivity index (χ1v) is 13.0. The largest absolute Gasteiger partial charge is 0.473 e. The second kappa shape index (κ2) is 11.2. The minimum absolute atomic E-state index is 0.0219. The monoisotopic (exact) mass is 552 g/mol. The smallest absolute Gasteiger partial charge is 0.337 e. The Bertz CT molecular complexity index is 1790. The molecule has 10 nitrogen and oxygen atoms in total. The van der Waals surface area contributed by atoms with Crippen molar-refractivity contribution in [3.63, 3.8) is 0 Å². The van der Waals surface area contributed by atoms with Crippen LogP contribution in [0.1, 0.15) is 33.7 Å². The number of rotatable bonds is 9. The van der Waals surface area contributed by atoms with Gasteiger partial charge in [0.25, 0.3) is 0 Å². The lowest BCUT2D eigenvalue weighted by Gasteiger charge is -2.27. The average Bonchev–Trinajstić information content (AvgIpc) is 3.58. The van der Waals surface area contributed by atoms with Gasteiger partial charge in [0.2, 0.25) is 5.88 Å². The first-order valence-electron chi connectivity index (χ1n) is 13.0. The van der Waals surface area contributed by atoms with E-state index in [2.05, 4.69) is 14.6 Å². The van der Waals surface area contributed by atoms with E-state index in [9.17, 15) is 9.18 Å². The molecule has 1 saturated heterocycles. The molecule has 1 unspecified atom stereocenters. The Morgan fingerprint density at radius 2 is 2.07 bits per heavy atom. The highest BCUT2D eigenvalue weighted by Gasteiger charge is 2.23. The van der Waals surface area contributed by atoms with E-state index in [-0.39, 0.29) is 18.3 Å². The fourth-order valence-electron chi connectivity index (χ4n) is 4.64. The maximum atomic E-state index is 14.2. The van der Waals surface area contributed by atoms with Gasteiger partial charge in [0, 0.05) is 30.0 Å². The molecule has 4 heterocycles. The molecule has 2 aromatic carbocycles. The first kappa shape index (κ1) is 26.2. The van der Waals surface area contributed by atoms with Crippen molar-refractivity contribution < 1.29 is 23.4 Å². The van der Waals surface area contributed by atoms with Crippen molar-refractivity contribution in [1.29, 1.82) is 5.26 Å². The van der Waals surface area contributed by atoms with Crippen LogP contribution in [0.3, 0.4) is 0 Å². The molecule has 1 atom stereocenters. The lowest BCUT2D eigenvalue weighted by Crippen LogP contribution is -2.32. The van der Waals surface area contributed by atoms with Crippen LogP contribution in [0.5, 0.6) is 5.88 Å². The summed E-state index contributed by atoms with van der Waals surface area (Å²) in [6.45, 7) is 1.72. The Morgan fingerprint density at radius 3 is 2.83 bits per heavy atom. The molecule has 206 valence electrons. The molecule has 1 aliphatic rings. The Hall–Kier alpha value is -5.08. The number of nitriles is 1. The molecule has 5 aromatic rings. The van der Waals surface area contributed by atoms with Gasteiger partial charge in [-0.15, -0.1) is 0 Å². The summed E-state index contributed by atoms with van der Waals surface area (Å²) in [4.78, 5) is 21.5. The summed E-state index contributed by atoms with van der Waals surface area (Å²) >= 11 is 0. The van der Waals surface area contributed by atoms with Crippen molar-refractivity contribution in [3.05, 3.63) is 95.3 Å². The van der Waals surface area contributed by atoms with Crippen LogP contribution >= 0.6 is 0 Å². The molecule has 1 fully saturated rings. The van der Waals surface area contributed by atoms with E-state index in [0.717, 1.165) is 35.4 Å². The summed E-state index contributed by atoms with van der Waals surface area (Å²) in [5, 5.41) is 13.4. The molecule has 11 heteroatoms. The predicted molar refractivity (Wildman–Crippen MR) is 145 cm³/mol. The molecule has 0 N–H and O–H groups in total. The second-order valence-electron chi connectivity index (χ2n) is 9.61. The Morgan fingerprint density at radius 1 is 1.20 bits per heavy atom. The van der Waals surface area contributed by atoms with Crippen molar-refractivity contribution in [2.24, 2.45) is 0 Å². The van der Waals surface area contributed by atoms with Crippen molar-refractivity contribution in [2.75, 3.05) is 13.7 Å². The predicted octanol–water partition coefficient (Wildman–Crippen LogP) is 4.51. The summed E-state index contributed by atoms with van der Waals surface area (Å²) in [6, 6.07) is 16.8. The molecule has 41 heavy (non-hydrogen) atoms. The molecule has 0 bridgehead atoms. The fourth-order valence-corrected chi connectivity index (χ4v) is 4.64. The third-order valence-electron chi connectivity index (χ3n) is 6.94. The maximum absolute atomic E-state index is 14.2. The number of imidazole rings is 1. The zero-order valence-electron chi connectivity index (χ0n) is 22.2. The minimum atomic E-state index is -0.502. The third kappa shape index (κ3) is 5.50. The molecule has 0 aliphatic carbocycles. The zero-order chi connectivity index (χ0) is 28.3. The van der Waals surface area contributed by atoms with E-state index in [0.29, 0.717) is 35.8 Å². The molecule has 6 rings (SSSR count). The number of aromatic nitrogens is 5. The normalized spacial score (nSPS) is 14.4. The molecule has 0 saturated carbocycles. The Kier molecular flexibility index (Phi) is 7.14. The zero-order valence-corrected chi connectivity index (χ0v) is 22.2. The van der Waals surface area contributed by atoms with Gasteiger partial charge in [0.1, 0.15) is 18.2 Å². The van der Waals surface area contributed by atoms with Gasteiger partial charge >= 0.3 is 5.97 Å². The van der Waals surface area contributed by atoms with Crippen LogP contribution in [-0.4, -0.2) is 50.1 Å². The van der Waals surface area contributed by atoms with E-state index >= 15 is 0 Å². The topological polar surface area (TPSA) is 117 Å². The summed E-state index contributed by atoms with van der Waals surface area (Å²) in [5.41, 5.74) is 4.06. The number of benzene rings is 2. The van der Waals surface area contributed by atoms with Crippen LogP contribution in [0.15, 0.2) is 67.0 Å². The summed E-state index contributed by atoms with van der Waals surface area (Å²) < 4.78 is 34.4. The third-order valence-corrected chi connectivity index (χ3v) is 6.94. The van der Waals surface area contributed by atoms with Crippen molar-refractivity contribution >= 4 is 17.0 Å². The number of carbonyl (C=O) groups excluding carboxylic acids is 1. The van der Waals surface area contributed by atoms with Gasteiger partial charge in [-0.1, -0.05) is 12.1 Å². The number of carbonyl (C=O) groups is 1. The van der Waals surface area contributed by atoms with Crippen LogP contribution < -0.4 is 4.74 Å². The minimum Gasteiger partial charge on any atom is -0.473 e. The van der Waals surface area contributed by atoms with E-state index in [4.69, 9.17) is 24.5 Å². The molecule has 3 aromatic heterocycles. The van der Waals surface area contributed by atoms with Crippen LogP contribution in [0.25, 0.3) is 22.3 Å². The number of pyridine rings is 1. The van der Waals surface area contributed by atoms with E-state index in [1.807, 2.05) is 24.4 Å². The SMILES string of the molecule is COC(=O)c1ccc2nc(Cn3cc(-c4cccc(OCc5ccc(C#N)cc5F)n4)cn3)n(CC3CCO3)c2c1. The van der Waals surface area contributed by atoms with Gasteiger partial charge in [-0.05, 0) is 42.8 Å². The summed E-state index contributed by atoms with van der Waals surface area (Å²) in [7, 11) is 1.36. The molecular weight excluding hydrogens is 527 g/mol. The van der Waals surface area contributed by atoms with Crippen molar-refractivity contribution in [2.45, 2.75) is 32.2 Å². The number of hydrogen-bond donors (Lipinski definition) is 0. The molecule has 1 aliphatic heterocycles. The number of hydrogen-bond acceptors (Lipinski definition) is 8. The quantitative estimate of drug-likeness (QED) is 0.245. The molecule has 0 radical (unpaired) electrons. The van der Waals surface area contributed by atoms with Gasteiger partial charge in [-0.3, -0.25) is 4.68 Å². The second-order valence-corrected chi connectivity index (χ2v) is 9.61. The number of fused-ring (bicyclic) bond motifs is 1. The maximum Gasteiger partial charge on any atom is 0.337 e. The standard InChI is InChI=1S/C30H25FN6O4/c1-39-30(38)20-7-8-26-27(12-20)37(16-23-9-10-40-23)28(34-26)17-36-15-22(14-33-36)25-3-2-4-29(35-25)41-18-21-6-5-19(13-32)11-24(21)31/h2-8,11-12,14-15,23H,9-10,16-18H2,1H3. The highest BCUT2D eigenvalue weighted by atomic mass is 19.1. The van der Waals surface area contributed by atoms with E-state index < -0.39 is 11.8 Å². The fraction of sp³-hybridized carbons (Fsp3) is 0.233. The molecule has 0 spiro atoms. The van der Waals surface area contributed by atoms with Crippen molar-refractivity contribution in [3.8, 4) is 23.2 Å². The van der Waals surface area contributed by atoms with Crippen LogP contribution in [0, 0.1) is 17.1 Å². The number of esters is 1. The number of methoxy groups -OCH3 is 1. The Balaban J connectivity index is 1.21. The number of ether oxygens (including phenoxy) is 3. The number of nitrogens with zero attached hydrogens (tertiary/aromatic N) is 6. The lowest BCUT2D eigenvalue weighted by molar-refractivity contribution is -0.0590. The van der Waals surface area contributed by atoms with Crippen LogP contribution in [0.2, 0.25) is 0 Å².